The number of carbonyl (C=O) groups is 1. The first kappa shape index (κ1) is 28.8. The van der Waals surface area contributed by atoms with E-state index < -0.39 is 12.5 Å². The Kier molecular flexibility index (Phi) is 8.99. The molecule has 0 bridgehead atoms. The van der Waals surface area contributed by atoms with Crippen molar-refractivity contribution in [2.75, 3.05) is 25.0 Å². The summed E-state index contributed by atoms with van der Waals surface area (Å²) >= 11 is 0. The van der Waals surface area contributed by atoms with Crippen molar-refractivity contribution in [3.05, 3.63) is 77.0 Å². The number of nitrogens with zero attached hydrogens (tertiary/aromatic N) is 3. The number of halogens is 3. The molecule has 7 nitrogen and oxygen atoms in total. The van der Waals surface area contributed by atoms with Crippen LogP contribution >= 0.6 is 0 Å². The summed E-state index contributed by atoms with van der Waals surface area (Å²) in [5.74, 6) is -1.02. The molecule has 10 heteroatoms. The number of benzene rings is 1. The van der Waals surface area contributed by atoms with Crippen LogP contribution in [0.1, 0.15) is 62.3 Å². The van der Waals surface area contributed by atoms with E-state index in [2.05, 4.69) is 30.2 Å². The summed E-state index contributed by atoms with van der Waals surface area (Å²) in [5, 5.41) is 6.22. The van der Waals surface area contributed by atoms with Crippen LogP contribution in [0.5, 0.6) is 5.88 Å². The van der Waals surface area contributed by atoms with Crippen LogP contribution < -0.4 is 15.4 Å². The van der Waals surface area contributed by atoms with E-state index in [1.54, 1.807) is 12.3 Å². The lowest BCUT2D eigenvalue weighted by molar-refractivity contribution is -0.111. The monoisotopic (exact) mass is 565 g/mol. The standard InChI is InChI=1S/C31H34F3N5O2/c1-3-21-16-36-19(2)24-13-27(32)25(22-11-20(14-35-15-22)18-39-9-5-4-6-10-39)12-26(24)29(21)30(40)38-23-7-8-28(37-17-23)41-31(33)34/h7-8,11-15,17,19,31,36H,3-6,9-10,16,18H2,1-2H3,(H,38,40). The average Bonchev–Trinajstić information content (AvgIpc) is 3.10. The van der Waals surface area contributed by atoms with Crippen molar-refractivity contribution < 1.29 is 22.7 Å². The van der Waals surface area contributed by atoms with Gasteiger partial charge in [0.25, 0.3) is 5.91 Å². The van der Waals surface area contributed by atoms with Crippen LogP contribution in [-0.4, -0.2) is 47.0 Å². The number of alkyl halides is 2. The van der Waals surface area contributed by atoms with Crippen LogP contribution in [0.15, 0.2) is 54.5 Å². The minimum atomic E-state index is -2.99. The SMILES string of the molecule is CCC1=C(C(=O)Nc2ccc(OC(F)F)nc2)c2cc(-c3cncc(CN4CCCCC4)c3)c(F)cc2C(C)NC1. The molecule has 1 saturated heterocycles. The second kappa shape index (κ2) is 12.8. The van der Waals surface area contributed by atoms with Gasteiger partial charge in [0, 0.05) is 54.3 Å². The molecule has 2 aliphatic heterocycles. The number of likely N-dealkylation sites (tertiary alicyclic amines) is 1. The van der Waals surface area contributed by atoms with Crippen molar-refractivity contribution in [2.24, 2.45) is 0 Å². The predicted molar refractivity (Wildman–Crippen MR) is 152 cm³/mol. The Morgan fingerprint density at radius 2 is 1.93 bits per heavy atom. The van der Waals surface area contributed by atoms with E-state index in [4.69, 9.17) is 0 Å². The van der Waals surface area contributed by atoms with Gasteiger partial charge in [-0.05, 0) is 85.8 Å². The Morgan fingerprint density at radius 1 is 1.12 bits per heavy atom. The van der Waals surface area contributed by atoms with Gasteiger partial charge < -0.3 is 15.4 Å². The number of carbonyl (C=O) groups excluding carboxylic acids is 1. The number of pyridine rings is 2. The predicted octanol–water partition coefficient (Wildman–Crippen LogP) is 6.34. The zero-order valence-corrected chi connectivity index (χ0v) is 23.2. The van der Waals surface area contributed by atoms with Crippen molar-refractivity contribution in [3.63, 3.8) is 0 Å². The third kappa shape index (κ3) is 6.77. The largest absolute Gasteiger partial charge is 0.417 e. The first-order chi connectivity index (χ1) is 19.8. The van der Waals surface area contributed by atoms with Gasteiger partial charge in [0.05, 0.1) is 11.9 Å². The topological polar surface area (TPSA) is 79.4 Å². The summed E-state index contributed by atoms with van der Waals surface area (Å²) < 4.78 is 45.0. The van der Waals surface area contributed by atoms with E-state index >= 15 is 4.39 Å². The molecule has 0 radical (unpaired) electrons. The first-order valence-corrected chi connectivity index (χ1v) is 14.0. The molecule has 1 atom stereocenters. The van der Waals surface area contributed by atoms with E-state index in [-0.39, 0.29) is 17.7 Å². The minimum absolute atomic E-state index is 0.198. The van der Waals surface area contributed by atoms with Crippen LogP contribution in [-0.2, 0) is 11.3 Å². The Morgan fingerprint density at radius 3 is 2.63 bits per heavy atom. The molecule has 41 heavy (non-hydrogen) atoms. The molecule has 1 unspecified atom stereocenters. The van der Waals surface area contributed by atoms with Gasteiger partial charge in [-0.1, -0.05) is 13.3 Å². The molecule has 2 aromatic heterocycles. The molecule has 5 rings (SSSR count). The minimum Gasteiger partial charge on any atom is -0.417 e. The maximum atomic E-state index is 15.7. The molecule has 0 saturated carbocycles. The number of piperidine rings is 1. The van der Waals surface area contributed by atoms with Gasteiger partial charge in [-0.2, -0.15) is 8.78 Å². The maximum absolute atomic E-state index is 15.7. The highest BCUT2D eigenvalue weighted by molar-refractivity contribution is 6.26. The highest BCUT2D eigenvalue weighted by atomic mass is 19.3. The van der Waals surface area contributed by atoms with E-state index in [1.165, 1.54) is 43.7 Å². The molecule has 1 aromatic carbocycles. The van der Waals surface area contributed by atoms with Crippen LogP contribution in [0.25, 0.3) is 16.7 Å². The summed E-state index contributed by atoms with van der Waals surface area (Å²) in [6.45, 7) is 4.23. The Labute approximate surface area is 237 Å². The average molecular weight is 566 g/mol. The second-order valence-electron chi connectivity index (χ2n) is 10.5. The normalized spacial score (nSPS) is 17.8. The molecule has 0 aliphatic carbocycles. The number of hydrogen-bond acceptors (Lipinski definition) is 6. The van der Waals surface area contributed by atoms with E-state index in [0.717, 1.165) is 30.8 Å². The smallest absolute Gasteiger partial charge is 0.388 e. The van der Waals surface area contributed by atoms with Gasteiger partial charge in [0.15, 0.2) is 0 Å². The number of hydrogen-bond donors (Lipinski definition) is 2. The van der Waals surface area contributed by atoms with Crippen LogP contribution in [0.2, 0.25) is 0 Å². The molecule has 0 spiro atoms. The van der Waals surface area contributed by atoms with Gasteiger partial charge in [-0.15, -0.1) is 0 Å². The third-order valence-electron chi connectivity index (χ3n) is 7.67. The van der Waals surface area contributed by atoms with Gasteiger partial charge >= 0.3 is 6.61 Å². The Hall–Kier alpha value is -3.76. The van der Waals surface area contributed by atoms with E-state index in [1.807, 2.05) is 26.1 Å². The lowest BCUT2D eigenvalue weighted by Crippen LogP contribution is -2.29. The summed E-state index contributed by atoms with van der Waals surface area (Å²) in [6, 6.07) is 7.74. The van der Waals surface area contributed by atoms with Crippen molar-refractivity contribution in [2.45, 2.75) is 58.7 Å². The lowest BCUT2D eigenvalue weighted by atomic mass is 9.89. The number of fused-ring (bicyclic) bond motifs is 1. The molecule has 2 aliphatic rings. The van der Waals surface area contributed by atoms with Crippen LogP contribution in [0.3, 0.4) is 0 Å². The highest BCUT2D eigenvalue weighted by Crippen LogP contribution is 2.37. The number of anilines is 1. The fourth-order valence-electron chi connectivity index (χ4n) is 5.54. The highest BCUT2D eigenvalue weighted by Gasteiger charge is 2.27. The zero-order chi connectivity index (χ0) is 28.9. The molecule has 2 N–H and O–H groups in total. The Balaban J connectivity index is 1.50. The number of aromatic nitrogens is 2. The summed E-state index contributed by atoms with van der Waals surface area (Å²) in [6.07, 6.45) is 8.95. The molecule has 1 amide bonds. The summed E-state index contributed by atoms with van der Waals surface area (Å²) in [4.78, 5) is 24.4. The zero-order valence-electron chi connectivity index (χ0n) is 23.2. The quantitative estimate of drug-likeness (QED) is 0.332. The first-order valence-electron chi connectivity index (χ1n) is 14.0. The number of amides is 1. The molecule has 216 valence electrons. The molecule has 4 heterocycles. The Bertz CT molecular complexity index is 1420. The van der Waals surface area contributed by atoms with Crippen molar-refractivity contribution in [1.82, 2.24) is 20.2 Å². The lowest BCUT2D eigenvalue weighted by Gasteiger charge is -2.26. The van der Waals surface area contributed by atoms with E-state index in [0.29, 0.717) is 46.5 Å². The van der Waals surface area contributed by atoms with Crippen molar-refractivity contribution in [1.29, 1.82) is 0 Å². The maximum Gasteiger partial charge on any atom is 0.388 e. The number of rotatable bonds is 8. The van der Waals surface area contributed by atoms with Crippen molar-refractivity contribution >= 4 is 17.2 Å². The van der Waals surface area contributed by atoms with Crippen LogP contribution in [0, 0.1) is 5.82 Å². The molecular weight excluding hydrogens is 531 g/mol. The van der Waals surface area contributed by atoms with Gasteiger partial charge in [0.2, 0.25) is 5.88 Å². The summed E-state index contributed by atoms with van der Waals surface area (Å²) in [5.41, 5.74) is 5.00. The summed E-state index contributed by atoms with van der Waals surface area (Å²) in [7, 11) is 0. The molecular formula is C31H34F3N5O2. The second-order valence-corrected chi connectivity index (χ2v) is 10.5. The van der Waals surface area contributed by atoms with Gasteiger partial charge in [-0.3, -0.25) is 14.7 Å². The van der Waals surface area contributed by atoms with Crippen molar-refractivity contribution in [3.8, 4) is 17.0 Å². The van der Waals surface area contributed by atoms with Gasteiger partial charge in [0.1, 0.15) is 5.82 Å². The number of nitrogens with one attached hydrogen (secondary N) is 2. The van der Waals surface area contributed by atoms with Crippen LogP contribution in [0.4, 0.5) is 18.9 Å². The molecule has 3 aromatic rings. The fourth-order valence-corrected chi connectivity index (χ4v) is 5.54. The fraction of sp³-hybridized carbons (Fsp3) is 0.387. The van der Waals surface area contributed by atoms with Gasteiger partial charge in [-0.25, -0.2) is 9.37 Å². The third-order valence-corrected chi connectivity index (χ3v) is 7.67. The van der Waals surface area contributed by atoms with E-state index in [9.17, 15) is 13.6 Å². The number of ether oxygens (including phenoxy) is 1. The molecule has 1 fully saturated rings.